The summed E-state index contributed by atoms with van der Waals surface area (Å²) in [5.41, 5.74) is 0. The van der Waals surface area contributed by atoms with Crippen molar-refractivity contribution in [3.63, 3.8) is 0 Å². The number of hydrogen-bond acceptors (Lipinski definition) is 3. The van der Waals surface area contributed by atoms with E-state index in [1.165, 1.54) is 0 Å². The molecule has 0 radical (unpaired) electrons. The molecule has 0 aliphatic heterocycles. The van der Waals surface area contributed by atoms with Crippen LogP contribution in [0.4, 0.5) is 0 Å². The Hall–Kier alpha value is 0.380. The lowest BCUT2D eigenvalue weighted by atomic mass is 14.0. The summed E-state index contributed by atoms with van der Waals surface area (Å²) in [5.74, 6) is 0. The van der Waals surface area contributed by atoms with Gasteiger partial charge < -0.3 is 12.3 Å². The first-order chi connectivity index (χ1) is 1.73. The van der Waals surface area contributed by atoms with E-state index in [0.29, 0.717) is 0 Å². The van der Waals surface area contributed by atoms with Crippen LogP contribution in [-0.4, -0.2) is 8.76 Å². The second-order valence-electron chi connectivity index (χ2n) is 0.231. The topological polar surface area (TPSA) is 107 Å². The van der Waals surface area contributed by atoms with Gasteiger partial charge in [0, 0.05) is 0 Å². The summed E-state index contributed by atoms with van der Waals surface area (Å²) in [6.07, 6.45) is 0. The summed E-state index contributed by atoms with van der Waals surface area (Å²) in [5, 5.41) is 0. The Morgan fingerprint density at radius 2 is 1.50 bits per heavy atom. The van der Waals surface area contributed by atoms with Gasteiger partial charge in [0.15, 0.2) is 0 Å². The van der Waals surface area contributed by atoms with Gasteiger partial charge in [0.25, 0.3) is 0 Å². The van der Waals surface area contributed by atoms with Gasteiger partial charge in [-0.1, -0.05) is 0 Å². The minimum absolute atomic E-state index is 0. The molecule has 0 fully saturated rings. The molecule has 0 aromatic heterocycles. The van der Waals surface area contributed by atoms with E-state index >= 15 is 0 Å². The predicted molar refractivity (Wildman–Crippen MR) is 29.8 cm³/mol. The fraction of sp³-hybridized carbons (Fsp3) is 0. The Bertz CT molecular complexity index is 32.5. The van der Waals surface area contributed by atoms with Gasteiger partial charge in [-0.15, -0.1) is 0 Å². The molecule has 6 heteroatoms. The first-order valence-electron chi connectivity index (χ1n) is 0.532. The Morgan fingerprint density at radius 3 is 1.50 bits per heavy atom. The average molecular weight is 132 g/mol. The van der Waals surface area contributed by atoms with Crippen LogP contribution >= 0.6 is 11.7 Å². The van der Waals surface area contributed by atoms with Crippen LogP contribution in [0.25, 0.3) is 0 Å². The van der Waals surface area contributed by atoms with Crippen molar-refractivity contribution in [2.24, 2.45) is 0 Å². The predicted octanol–water partition coefficient (Wildman–Crippen LogP) is 0.377. The van der Waals surface area contributed by atoms with Crippen molar-refractivity contribution in [1.82, 2.24) is 12.3 Å². The fourth-order valence-electron chi connectivity index (χ4n) is 0. The second kappa shape index (κ2) is 9.03. The summed E-state index contributed by atoms with van der Waals surface area (Å²) in [6.45, 7) is 0. The van der Waals surface area contributed by atoms with Crippen LogP contribution in [0.2, 0.25) is 0 Å². The Balaban J connectivity index is -0.0000000450. The molecule has 7 N–H and O–H groups in total. The Morgan fingerprint density at radius 1 is 1.50 bits per heavy atom. The molecular weight excluding hydrogens is 124 g/mol. The molecule has 0 bridgehead atoms. The monoisotopic (exact) mass is 132 g/mol. The molecule has 0 saturated carbocycles. The van der Waals surface area contributed by atoms with Crippen LogP contribution in [0.3, 0.4) is 0 Å². The van der Waals surface area contributed by atoms with Gasteiger partial charge in [-0.2, -0.15) is 0 Å². The van der Waals surface area contributed by atoms with Crippen LogP contribution in [-0.2, 0) is 10.1 Å². The molecule has 42 valence electrons. The Kier molecular flexibility index (Phi) is 24.3. The van der Waals surface area contributed by atoms with Crippen molar-refractivity contribution in [2.75, 3.05) is 0 Å². The van der Waals surface area contributed by atoms with E-state index in [1.54, 1.807) is 0 Å². The molecule has 1 atom stereocenters. The third-order valence-electron chi connectivity index (χ3n) is 0. The molecule has 0 rings (SSSR count). The van der Waals surface area contributed by atoms with Crippen LogP contribution in [0.5, 0.6) is 0 Å². The van der Waals surface area contributed by atoms with Crippen LogP contribution in [0.1, 0.15) is 0 Å². The zero-order chi connectivity index (χ0) is 3.58. The molecule has 1 unspecified atom stereocenters. The standard InChI is InChI=1S/2H3N.H2O2S2/c;;1-4(2)3/h2*1H3;(H2,1,2,3). The van der Waals surface area contributed by atoms with Gasteiger partial charge >= 0.3 is 0 Å². The van der Waals surface area contributed by atoms with Crippen molar-refractivity contribution in [3.05, 3.63) is 0 Å². The summed E-state index contributed by atoms with van der Waals surface area (Å²) in [6, 6.07) is 0. The fourth-order valence-corrected chi connectivity index (χ4v) is 0. The zero-order valence-corrected chi connectivity index (χ0v) is 4.84. The third kappa shape index (κ3) is 347. The third-order valence-corrected chi connectivity index (χ3v) is 0. The maximum atomic E-state index is 8.98. The second-order valence-corrected chi connectivity index (χ2v) is 1.63. The van der Waals surface area contributed by atoms with Gasteiger partial charge in [0.1, 0.15) is 0 Å². The maximum absolute atomic E-state index is 8.98. The van der Waals surface area contributed by atoms with E-state index < -0.39 is 10.1 Å². The van der Waals surface area contributed by atoms with Crippen molar-refractivity contribution < 1.29 is 8.76 Å². The molecule has 0 aromatic rings. The average Bonchev–Trinajstić information content (AvgIpc) is 0.811. The highest BCUT2D eigenvalue weighted by molar-refractivity contribution is 8.57. The molecule has 0 aliphatic carbocycles. The molecule has 4 nitrogen and oxygen atoms in total. The molecule has 6 heavy (non-hydrogen) atoms. The minimum atomic E-state index is -1.92. The summed E-state index contributed by atoms with van der Waals surface area (Å²) in [4.78, 5) is 0. The molecule has 0 aliphatic rings. The van der Waals surface area contributed by atoms with Crippen LogP contribution in [0.15, 0.2) is 0 Å². The van der Waals surface area contributed by atoms with Gasteiger partial charge in [-0.3, -0.25) is 4.55 Å². The molecule has 0 heterocycles. The van der Waals surface area contributed by atoms with E-state index in [4.69, 9.17) is 8.76 Å². The summed E-state index contributed by atoms with van der Waals surface area (Å²) < 4.78 is 16.4. The number of hydrogen-bond donors (Lipinski definition) is 4. The highest BCUT2D eigenvalue weighted by Crippen LogP contribution is 1.70. The number of rotatable bonds is 0. The van der Waals surface area contributed by atoms with E-state index in [2.05, 4.69) is 11.7 Å². The molecular formula is H8N2O2S2. The molecule has 0 aromatic carbocycles. The highest BCUT2D eigenvalue weighted by Gasteiger charge is 1.61. The van der Waals surface area contributed by atoms with E-state index in [0.717, 1.165) is 0 Å². The van der Waals surface area contributed by atoms with E-state index in [9.17, 15) is 0 Å². The lowest BCUT2D eigenvalue weighted by molar-refractivity contribution is 0.581. The van der Waals surface area contributed by atoms with Crippen molar-refractivity contribution in [3.8, 4) is 0 Å². The zero-order valence-electron chi connectivity index (χ0n) is 3.13. The van der Waals surface area contributed by atoms with Gasteiger partial charge in [-0.25, -0.2) is 4.21 Å². The molecule has 0 amide bonds. The smallest absolute Gasteiger partial charge is 0.213 e. The quantitative estimate of drug-likeness (QED) is 0.217. The lowest BCUT2D eigenvalue weighted by Crippen LogP contribution is -1.60. The molecule has 0 saturated heterocycles. The summed E-state index contributed by atoms with van der Waals surface area (Å²) in [7, 11) is -1.92. The van der Waals surface area contributed by atoms with Crippen LogP contribution in [0, 0.1) is 0 Å². The first-order valence-corrected chi connectivity index (χ1v) is 2.69. The first kappa shape index (κ1) is 16.2. The largest absolute Gasteiger partial charge is 0.344 e. The van der Waals surface area contributed by atoms with Gasteiger partial charge in [-0.05, 0) is 11.7 Å². The van der Waals surface area contributed by atoms with Crippen LogP contribution < -0.4 is 12.3 Å². The molecule has 0 spiro atoms. The summed E-state index contributed by atoms with van der Waals surface area (Å²) >= 11 is 2.99. The maximum Gasteiger partial charge on any atom is 0.213 e. The SMILES string of the molecule is N.N.O=S(O)S. The van der Waals surface area contributed by atoms with E-state index in [-0.39, 0.29) is 12.3 Å². The normalized spacial score (nSPS) is 10.3. The van der Waals surface area contributed by atoms with Gasteiger partial charge in [0.05, 0.1) is 0 Å². The van der Waals surface area contributed by atoms with Gasteiger partial charge in [0.2, 0.25) is 10.1 Å². The van der Waals surface area contributed by atoms with Crippen molar-refractivity contribution >= 4 is 21.8 Å². The van der Waals surface area contributed by atoms with Crippen molar-refractivity contribution in [2.45, 2.75) is 0 Å². The lowest BCUT2D eigenvalue weighted by Gasteiger charge is -1.58. The van der Waals surface area contributed by atoms with E-state index in [1.807, 2.05) is 0 Å². The van der Waals surface area contributed by atoms with Crippen molar-refractivity contribution in [1.29, 1.82) is 0 Å². The Labute approximate surface area is 43.6 Å². The minimum Gasteiger partial charge on any atom is -0.344 e. The highest BCUT2D eigenvalue weighted by atomic mass is 33.1. The number of thiol groups is 1.